The zero-order valence-electron chi connectivity index (χ0n) is 10.8. The number of alkyl halides is 3. The Hall–Kier alpha value is -1.56. The molecule has 6 heteroatoms. The highest BCUT2D eigenvalue weighted by molar-refractivity contribution is 5.75. The first kappa shape index (κ1) is 13.9. The lowest BCUT2D eigenvalue weighted by Crippen LogP contribution is -2.26. The molecule has 0 bridgehead atoms. The minimum absolute atomic E-state index is 0.103. The van der Waals surface area contributed by atoms with Gasteiger partial charge in [-0.25, -0.2) is 4.98 Å². The zero-order chi connectivity index (χ0) is 14.0. The summed E-state index contributed by atoms with van der Waals surface area (Å²) in [5.74, 6) is 0.739. The molecule has 104 valence electrons. The van der Waals surface area contributed by atoms with Crippen LogP contribution in [0.1, 0.15) is 25.2 Å². The number of halogens is 3. The molecule has 2 aromatic rings. The van der Waals surface area contributed by atoms with Crippen LogP contribution in [0.5, 0.6) is 0 Å². The van der Waals surface area contributed by atoms with Gasteiger partial charge in [-0.2, -0.15) is 13.2 Å². The van der Waals surface area contributed by atoms with Gasteiger partial charge in [0, 0.05) is 13.6 Å². The highest BCUT2D eigenvalue weighted by Gasteiger charge is 2.26. The molecular formula is C13H16F3N3. The summed E-state index contributed by atoms with van der Waals surface area (Å²) in [4.78, 5) is 4.45. The van der Waals surface area contributed by atoms with E-state index in [2.05, 4.69) is 10.3 Å². The smallest absolute Gasteiger partial charge is 0.330 e. The number of rotatable bonds is 4. The first-order valence-electron chi connectivity index (χ1n) is 6.10. The van der Waals surface area contributed by atoms with Crippen LogP contribution in [0.4, 0.5) is 13.2 Å². The van der Waals surface area contributed by atoms with E-state index in [4.69, 9.17) is 0 Å². The van der Waals surface area contributed by atoms with Crippen LogP contribution in [-0.2, 0) is 7.05 Å². The van der Waals surface area contributed by atoms with Crippen molar-refractivity contribution >= 4 is 11.0 Å². The van der Waals surface area contributed by atoms with E-state index >= 15 is 0 Å². The second kappa shape index (κ2) is 5.21. The van der Waals surface area contributed by atoms with Gasteiger partial charge in [0.15, 0.2) is 0 Å². The maximum Gasteiger partial charge on any atom is 0.390 e. The molecule has 1 N–H and O–H groups in total. The molecule has 0 saturated carbocycles. The Morgan fingerprint density at radius 2 is 2.00 bits per heavy atom. The Labute approximate surface area is 109 Å². The van der Waals surface area contributed by atoms with E-state index in [1.54, 1.807) is 0 Å². The van der Waals surface area contributed by atoms with Crippen LogP contribution in [-0.4, -0.2) is 22.3 Å². The number of benzene rings is 1. The summed E-state index contributed by atoms with van der Waals surface area (Å²) in [6.07, 6.45) is -4.96. The Kier molecular flexibility index (Phi) is 3.80. The van der Waals surface area contributed by atoms with Crippen LogP contribution in [0.15, 0.2) is 24.3 Å². The van der Waals surface area contributed by atoms with E-state index in [1.165, 1.54) is 0 Å². The Bertz CT molecular complexity index is 560. The van der Waals surface area contributed by atoms with Crippen molar-refractivity contribution in [3.8, 4) is 0 Å². The van der Waals surface area contributed by atoms with Crippen LogP contribution >= 0.6 is 0 Å². The second-order valence-electron chi connectivity index (χ2n) is 4.56. The van der Waals surface area contributed by atoms with E-state index in [0.717, 1.165) is 16.9 Å². The minimum atomic E-state index is -4.13. The maximum absolute atomic E-state index is 12.1. The number of nitrogens with zero attached hydrogens (tertiary/aromatic N) is 2. The van der Waals surface area contributed by atoms with Crippen molar-refractivity contribution in [3.05, 3.63) is 30.1 Å². The molecule has 0 amide bonds. The summed E-state index contributed by atoms with van der Waals surface area (Å²) in [6.45, 7) is 1.71. The number of nitrogens with one attached hydrogen (secondary N) is 1. The Morgan fingerprint density at radius 1 is 1.32 bits per heavy atom. The fraction of sp³-hybridized carbons (Fsp3) is 0.462. The first-order chi connectivity index (χ1) is 8.88. The third-order valence-corrected chi connectivity index (χ3v) is 3.07. The second-order valence-corrected chi connectivity index (χ2v) is 4.56. The van der Waals surface area contributed by atoms with Gasteiger partial charge in [0.1, 0.15) is 5.82 Å². The summed E-state index contributed by atoms with van der Waals surface area (Å²) >= 11 is 0. The quantitative estimate of drug-likeness (QED) is 0.925. The standard InChI is InChI=1S/C13H16F3N3/c1-9(17-8-7-13(14,15)16)12-18-10-5-3-4-6-11(10)19(12)2/h3-6,9,17H,7-8H2,1-2H3. The van der Waals surface area contributed by atoms with Crippen LogP contribution in [0, 0.1) is 0 Å². The predicted molar refractivity (Wildman–Crippen MR) is 67.8 cm³/mol. The van der Waals surface area contributed by atoms with E-state index in [9.17, 15) is 13.2 Å². The topological polar surface area (TPSA) is 29.9 Å². The SMILES string of the molecule is CC(NCCC(F)(F)F)c1nc2ccccc2n1C. The molecule has 1 aromatic carbocycles. The summed E-state index contributed by atoms with van der Waals surface area (Å²) < 4.78 is 38.2. The first-order valence-corrected chi connectivity index (χ1v) is 6.10. The van der Waals surface area contributed by atoms with Crippen molar-refractivity contribution < 1.29 is 13.2 Å². The predicted octanol–water partition coefficient (Wildman–Crippen LogP) is 3.18. The monoisotopic (exact) mass is 271 g/mol. The lowest BCUT2D eigenvalue weighted by atomic mass is 10.3. The third-order valence-electron chi connectivity index (χ3n) is 3.07. The van der Waals surface area contributed by atoms with Gasteiger partial charge in [-0.1, -0.05) is 12.1 Å². The number of aromatic nitrogens is 2. The van der Waals surface area contributed by atoms with Crippen LogP contribution < -0.4 is 5.32 Å². The van der Waals surface area contributed by atoms with Crippen LogP contribution in [0.3, 0.4) is 0 Å². The van der Waals surface area contributed by atoms with E-state index < -0.39 is 12.6 Å². The molecule has 1 atom stereocenters. The number of fused-ring (bicyclic) bond motifs is 1. The van der Waals surface area contributed by atoms with Gasteiger partial charge in [0.25, 0.3) is 0 Å². The molecular weight excluding hydrogens is 255 g/mol. The minimum Gasteiger partial charge on any atom is -0.330 e. The average molecular weight is 271 g/mol. The molecule has 3 nitrogen and oxygen atoms in total. The summed E-state index contributed by atoms with van der Waals surface area (Å²) in [5, 5.41) is 2.85. The summed E-state index contributed by atoms with van der Waals surface area (Å²) in [5.41, 5.74) is 1.83. The molecule has 0 aliphatic carbocycles. The van der Waals surface area contributed by atoms with Gasteiger partial charge in [0.2, 0.25) is 0 Å². The normalized spacial score (nSPS) is 13.9. The number of aryl methyl sites for hydroxylation is 1. The molecule has 0 spiro atoms. The van der Waals surface area contributed by atoms with Crippen molar-refractivity contribution in [2.24, 2.45) is 7.05 Å². The molecule has 2 rings (SSSR count). The maximum atomic E-state index is 12.1. The zero-order valence-corrected chi connectivity index (χ0v) is 10.8. The molecule has 1 unspecified atom stereocenters. The van der Waals surface area contributed by atoms with Gasteiger partial charge in [-0.3, -0.25) is 0 Å². The summed E-state index contributed by atoms with van der Waals surface area (Å²) in [7, 11) is 1.87. The number of imidazole rings is 1. The van der Waals surface area contributed by atoms with Gasteiger partial charge in [-0.15, -0.1) is 0 Å². The van der Waals surface area contributed by atoms with Crippen molar-refractivity contribution in [1.29, 1.82) is 0 Å². The lowest BCUT2D eigenvalue weighted by Gasteiger charge is -2.14. The summed E-state index contributed by atoms with van der Waals surface area (Å²) in [6, 6.07) is 7.41. The molecule has 0 aliphatic heterocycles. The lowest BCUT2D eigenvalue weighted by molar-refractivity contribution is -0.133. The van der Waals surface area contributed by atoms with Crippen molar-refractivity contribution in [2.45, 2.75) is 25.6 Å². The van der Waals surface area contributed by atoms with Crippen LogP contribution in [0.25, 0.3) is 11.0 Å². The number of hydrogen-bond acceptors (Lipinski definition) is 2. The average Bonchev–Trinajstić information content (AvgIpc) is 2.66. The number of hydrogen-bond donors (Lipinski definition) is 1. The van der Waals surface area contributed by atoms with Crippen molar-refractivity contribution in [2.75, 3.05) is 6.54 Å². The molecule has 0 fully saturated rings. The van der Waals surface area contributed by atoms with Crippen molar-refractivity contribution in [3.63, 3.8) is 0 Å². The third kappa shape index (κ3) is 3.26. The van der Waals surface area contributed by atoms with Crippen LogP contribution in [0.2, 0.25) is 0 Å². The molecule has 0 saturated heterocycles. The highest BCUT2D eigenvalue weighted by atomic mass is 19.4. The highest BCUT2D eigenvalue weighted by Crippen LogP contribution is 2.21. The van der Waals surface area contributed by atoms with E-state index in [-0.39, 0.29) is 12.6 Å². The molecule has 1 heterocycles. The Morgan fingerprint density at radius 3 is 2.63 bits per heavy atom. The molecule has 0 radical (unpaired) electrons. The van der Waals surface area contributed by atoms with Gasteiger partial charge < -0.3 is 9.88 Å². The van der Waals surface area contributed by atoms with Crippen molar-refractivity contribution in [1.82, 2.24) is 14.9 Å². The largest absolute Gasteiger partial charge is 0.390 e. The van der Waals surface area contributed by atoms with E-state index in [1.807, 2.05) is 42.8 Å². The fourth-order valence-corrected chi connectivity index (χ4v) is 2.07. The van der Waals surface area contributed by atoms with Gasteiger partial charge in [0.05, 0.1) is 23.5 Å². The molecule has 0 aliphatic rings. The number of para-hydroxylation sites is 2. The van der Waals surface area contributed by atoms with E-state index in [0.29, 0.717) is 0 Å². The molecule has 19 heavy (non-hydrogen) atoms. The molecule has 1 aromatic heterocycles. The Balaban J connectivity index is 2.09. The van der Waals surface area contributed by atoms with Gasteiger partial charge in [-0.05, 0) is 19.1 Å². The van der Waals surface area contributed by atoms with Gasteiger partial charge >= 0.3 is 6.18 Å². The fourth-order valence-electron chi connectivity index (χ4n) is 2.07.